The van der Waals surface area contributed by atoms with E-state index in [1.54, 1.807) is 18.4 Å². The highest BCUT2D eigenvalue weighted by Gasteiger charge is 2.00. The summed E-state index contributed by atoms with van der Waals surface area (Å²) in [6.07, 6.45) is 0.987. The monoisotopic (exact) mass is 270 g/mol. The van der Waals surface area contributed by atoms with Gasteiger partial charge in [-0.3, -0.25) is 0 Å². The zero-order chi connectivity index (χ0) is 13.2. The molecule has 1 rings (SSSR count). The van der Waals surface area contributed by atoms with Crippen LogP contribution < -0.4 is 10.6 Å². The van der Waals surface area contributed by atoms with Crippen molar-refractivity contribution in [1.29, 1.82) is 0 Å². The zero-order valence-corrected chi connectivity index (χ0v) is 12.1. The summed E-state index contributed by atoms with van der Waals surface area (Å²) in [5.41, 5.74) is 1.03. The van der Waals surface area contributed by atoms with E-state index in [1.807, 2.05) is 6.92 Å². The summed E-state index contributed by atoms with van der Waals surface area (Å²) in [5, 5.41) is 9.63. The molecule has 0 saturated heterocycles. The molecule has 0 aliphatic carbocycles. The lowest BCUT2D eigenvalue weighted by Gasteiger charge is -2.10. The van der Waals surface area contributed by atoms with Crippen molar-refractivity contribution >= 4 is 17.3 Å². The van der Waals surface area contributed by atoms with E-state index in [9.17, 15) is 0 Å². The summed E-state index contributed by atoms with van der Waals surface area (Å²) in [6, 6.07) is 0. The van der Waals surface area contributed by atoms with Gasteiger partial charge in [0.05, 0.1) is 23.9 Å². The molecule has 6 heteroatoms. The molecule has 0 fully saturated rings. The van der Waals surface area contributed by atoms with Crippen LogP contribution in [0.2, 0.25) is 0 Å². The van der Waals surface area contributed by atoms with E-state index in [4.69, 9.17) is 4.74 Å². The van der Waals surface area contributed by atoms with E-state index in [2.05, 4.69) is 32.9 Å². The number of rotatable bonds is 7. The highest BCUT2D eigenvalue weighted by atomic mass is 32.1. The topological polar surface area (TPSA) is 58.5 Å². The fourth-order valence-corrected chi connectivity index (χ4v) is 2.09. The number of methoxy groups -OCH3 is 1. The molecule has 1 aromatic rings. The van der Waals surface area contributed by atoms with Crippen molar-refractivity contribution in [2.24, 2.45) is 4.99 Å². The number of nitrogens with zero attached hydrogens (tertiary/aromatic N) is 2. The van der Waals surface area contributed by atoms with Crippen molar-refractivity contribution in [2.45, 2.75) is 26.8 Å². The Bertz CT molecular complexity index is 365. The second-order valence-corrected chi connectivity index (χ2v) is 4.64. The van der Waals surface area contributed by atoms with E-state index >= 15 is 0 Å². The van der Waals surface area contributed by atoms with Gasteiger partial charge in [0.25, 0.3) is 0 Å². The SMILES string of the molecule is CCNC(=NCc1csc(CC)n1)NCCOC. The Balaban J connectivity index is 2.47. The molecule has 0 saturated carbocycles. The molecule has 1 heterocycles. The molecule has 0 aliphatic rings. The number of aromatic nitrogens is 1. The molecule has 0 radical (unpaired) electrons. The smallest absolute Gasteiger partial charge is 0.191 e. The van der Waals surface area contributed by atoms with Gasteiger partial charge in [0.15, 0.2) is 5.96 Å². The number of thiazole rings is 1. The van der Waals surface area contributed by atoms with E-state index in [1.165, 1.54) is 0 Å². The molecule has 0 amide bonds. The molecule has 0 aromatic carbocycles. The first-order chi connectivity index (χ1) is 8.80. The van der Waals surface area contributed by atoms with Gasteiger partial charge in [-0.2, -0.15) is 0 Å². The number of hydrogen-bond donors (Lipinski definition) is 2. The Hall–Kier alpha value is -1.14. The largest absolute Gasteiger partial charge is 0.383 e. The van der Waals surface area contributed by atoms with Gasteiger partial charge in [0.1, 0.15) is 0 Å². The first-order valence-electron chi connectivity index (χ1n) is 6.24. The maximum Gasteiger partial charge on any atom is 0.191 e. The van der Waals surface area contributed by atoms with Gasteiger partial charge in [0.2, 0.25) is 0 Å². The van der Waals surface area contributed by atoms with Crippen LogP contribution in [0.15, 0.2) is 10.4 Å². The van der Waals surface area contributed by atoms with Crippen LogP contribution in [0, 0.1) is 0 Å². The Morgan fingerprint density at radius 2 is 2.28 bits per heavy atom. The summed E-state index contributed by atoms with van der Waals surface area (Å²) < 4.78 is 5.00. The molecule has 2 N–H and O–H groups in total. The van der Waals surface area contributed by atoms with Gasteiger partial charge < -0.3 is 15.4 Å². The van der Waals surface area contributed by atoms with E-state index in [-0.39, 0.29) is 0 Å². The van der Waals surface area contributed by atoms with Crippen molar-refractivity contribution in [3.63, 3.8) is 0 Å². The third-order valence-electron chi connectivity index (χ3n) is 2.24. The molecular weight excluding hydrogens is 248 g/mol. The minimum absolute atomic E-state index is 0.610. The van der Waals surface area contributed by atoms with E-state index in [0.29, 0.717) is 13.2 Å². The molecule has 0 bridgehead atoms. The molecule has 1 aromatic heterocycles. The minimum atomic E-state index is 0.610. The van der Waals surface area contributed by atoms with Gasteiger partial charge in [-0.05, 0) is 13.3 Å². The van der Waals surface area contributed by atoms with Crippen LogP contribution in [0.25, 0.3) is 0 Å². The van der Waals surface area contributed by atoms with Crippen molar-refractivity contribution in [3.8, 4) is 0 Å². The molecular formula is C12H22N4OS. The number of aryl methyl sites for hydroxylation is 1. The quantitative estimate of drug-likeness (QED) is 0.447. The first kappa shape index (κ1) is 14.9. The highest BCUT2D eigenvalue weighted by Crippen LogP contribution is 2.10. The fraction of sp³-hybridized carbons (Fsp3) is 0.667. The van der Waals surface area contributed by atoms with E-state index < -0.39 is 0 Å². The molecule has 18 heavy (non-hydrogen) atoms. The lowest BCUT2D eigenvalue weighted by Crippen LogP contribution is -2.38. The van der Waals surface area contributed by atoms with Crippen molar-refractivity contribution in [2.75, 3.05) is 26.8 Å². The fourth-order valence-electron chi connectivity index (χ4n) is 1.36. The average Bonchev–Trinajstić information content (AvgIpc) is 2.84. The van der Waals surface area contributed by atoms with Crippen LogP contribution >= 0.6 is 11.3 Å². The molecule has 0 atom stereocenters. The normalized spacial score (nSPS) is 11.6. The molecule has 0 spiro atoms. The summed E-state index contributed by atoms with van der Waals surface area (Å²) in [4.78, 5) is 8.97. The van der Waals surface area contributed by atoms with Crippen molar-refractivity contribution < 1.29 is 4.74 Å². The Kier molecular flexibility index (Phi) is 7.36. The predicted molar refractivity (Wildman–Crippen MR) is 76.2 cm³/mol. The zero-order valence-electron chi connectivity index (χ0n) is 11.3. The third kappa shape index (κ3) is 5.46. The second-order valence-electron chi connectivity index (χ2n) is 3.70. The number of ether oxygens (including phenoxy) is 1. The maximum absolute atomic E-state index is 5.00. The Morgan fingerprint density at radius 3 is 2.89 bits per heavy atom. The number of guanidine groups is 1. The predicted octanol–water partition coefficient (Wildman–Crippen LogP) is 1.41. The van der Waals surface area contributed by atoms with E-state index in [0.717, 1.165) is 36.2 Å². The maximum atomic E-state index is 5.00. The van der Waals surface area contributed by atoms with Gasteiger partial charge in [-0.1, -0.05) is 6.92 Å². The molecule has 0 aliphatic heterocycles. The Morgan fingerprint density at radius 1 is 1.44 bits per heavy atom. The summed E-state index contributed by atoms with van der Waals surface area (Å²) in [7, 11) is 1.69. The van der Waals surface area contributed by atoms with Crippen molar-refractivity contribution in [1.82, 2.24) is 15.6 Å². The van der Waals surface area contributed by atoms with Crippen LogP contribution in [0.4, 0.5) is 0 Å². The van der Waals surface area contributed by atoms with Crippen LogP contribution in [0.3, 0.4) is 0 Å². The van der Waals surface area contributed by atoms with Crippen molar-refractivity contribution in [3.05, 3.63) is 16.1 Å². The van der Waals surface area contributed by atoms with Crippen LogP contribution in [-0.2, 0) is 17.7 Å². The summed E-state index contributed by atoms with van der Waals surface area (Å²) in [5.74, 6) is 0.806. The summed E-state index contributed by atoms with van der Waals surface area (Å²) in [6.45, 7) is 7.03. The highest BCUT2D eigenvalue weighted by molar-refractivity contribution is 7.09. The number of aliphatic imine (C=N–C) groups is 1. The van der Waals surface area contributed by atoms with Gasteiger partial charge >= 0.3 is 0 Å². The van der Waals surface area contributed by atoms with Crippen LogP contribution in [0.1, 0.15) is 24.5 Å². The number of nitrogens with one attached hydrogen (secondary N) is 2. The average molecular weight is 270 g/mol. The third-order valence-corrected chi connectivity index (χ3v) is 3.29. The summed E-state index contributed by atoms with van der Waals surface area (Å²) >= 11 is 1.69. The molecule has 102 valence electrons. The lowest BCUT2D eigenvalue weighted by atomic mass is 10.5. The van der Waals surface area contributed by atoms with Crippen LogP contribution in [0.5, 0.6) is 0 Å². The second kappa shape index (κ2) is 8.88. The standard InChI is InChI=1S/C12H22N4OS/c1-4-11-16-10(9-18-11)8-15-12(13-5-2)14-6-7-17-3/h9H,4-8H2,1-3H3,(H2,13,14,15). The minimum Gasteiger partial charge on any atom is -0.383 e. The van der Waals surface area contributed by atoms with Crippen LogP contribution in [-0.4, -0.2) is 37.7 Å². The first-order valence-corrected chi connectivity index (χ1v) is 7.12. The van der Waals surface area contributed by atoms with Gasteiger partial charge in [-0.15, -0.1) is 11.3 Å². The molecule has 5 nitrogen and oxygen atoms in total. The van der Waals surface area contributed by atoms with Gasteiger partial charge in [0, 0.05) is 25.6 Å². The molecule has 0 unspecified atom stereocenters. The lowest BCUT2D eigenvalue weighted by molar-refractivity contribution is 0.203. The number of hydrogen-bond acceptors (Lipinski definition) is 4. The van der Waals surface area contributed by atoms with Gasteiger partial charge in [-0.25, -0.2) is 9.98 Å². The Labute approximate surface area is 113 Å².